The highest BCUT2D eigenvalue weighted by molar-refractivity contribution is 6.62. The zero-order chi connectivity index (χ0) is 25.4. The minimum atomic E-state index is -0.437. The summed E-state index contributed by atoms with van der Waals surface area (Å²) in [5.74, 6) is 0.0371. The van der Waals surface area contributed by atoms with E-state index in [2.05, 4.69) is 0 Å². The van der Waals surface area contributed by atoms with Gasteiger partial charge in [0.1, 0.15) is 0 Å². The molecular formula is C28H34B2O5. The minimum Gasteiger partial charge on any atom is -0.399 e. The topological polar surface area (TPSA) is 54.0 Å². The van der Waals surface area contributed by atoms with Gasteiger partial charge in [-0.2, -0.15) is 0 Å². The molecule has 0 saturated carbocycles. The van der Waals surface area contributed by atoms with Crippen LogP contribution in [0.25, 0.3) is 5.57 Å². The zero-order valence-electron chi connectivity index (χ0n) is 22.0. The quantitative estimate of drug-likeness (QED) is 0.630. The first-order chi connectivity index (χ1) is 16.2. The standard InChI is InChI=1S/C28H34B2O5/c1-25(2)26(3,4)33-29(32-25)20-12-9-18(10-13-20)22-15-11-19-17-21(14-16-23(19)24(22)31)30-34-27(5,6)28(7,8)35-30/h9-10,12-17H,11H2,1-8H3. The molecule has 0 atom stereocenters. The van der Waals surface area contributed by atoms with E-state index in [4.69, 9.17) is 18.6 Å². The van der Waals surface area contributed by atoms with Crippen LogP contribution in [0.2, 0.25) is 0 Å². The van der Waals surface area contributed by atoms with Gasteiger partial charge in [-0.3, -0.25) is 4.79 Å². The largest absolute Gasteiger partial charge is 0.494 e. The highest BCUT2D eigenvalue weighted by atomic mass is 16.7. The van der Waals surface area contributed by atoms with Crippen molar-refractivity contribution in [3.8, 4) is 0 Å². The van der Waals surface area contributed by atoms with Gasteiger partial charge in [-0.25, -0.2) is 0 Å². The van der Waals surface area contributed by atoms with Gasteiger partial charge in [-0.1, -0.05) is 48.5 Å². The molecule has 2 aliphatic heterocycles. The van der Waals surface area contributed by atoms with Gasteiger partial charge in [0.15, 0.2) is 5.78 Å². The average molecular weight is 472 g/mol. The molecule has 3 aliphatic rings. The van der Waals surface area contributed by atoms with E-state index in [-0.39, 0.29) is 17.0 Å². The van der Waals surface area contributed by atoms with Crippen molar-refractivity contribution in [3.63, 3.8) is 0 Å². The number of fused-ring (bicyclic) bond motifs is 1. The SMILES string of the molecule is CC1(C)OB(c2ccc(C3=CCc4cc(B5OC(C)(C)C(C)(C)O5)ccc4C3=O)cc2)OC1(C)C. The maximum Gasteiger partial charge on any atom is 0.494 e. The summed E-state index contributed by atoms with van der Waals surface area (Å²) < 4.78 is 24.7. The Hall–Kier alpha value is -2.18. The Morgan fingerprint density at radius 1 is 0.657 bits per heavy atom. The van der Waals surface area contributed by atoms with Crippen molar-refractivity contribution >= 4 is 36.5 Å². The number of carbonyl (C=O) groups excluding carboxylic acids is 1. The number of ketones is 1. The first-order valence-corrected chi connectivity index (χ1v) is 12.4. The van der Waals surface area contributed by atoms with Crippen molar-refractivity contribution in [2.24, 2.45) is 0 Å². The van der Waals surface area contributed by atoms with Crippen LogP contribution in [0.5, 0.6) is 0 Å². The van der Waals surface area contributed by atoms with E-state index in [0.29, 0.717) is 6.42 Å². The number of rotatable bonds is 3. The molecule has 2 heterocycles. The van der Waals surface area contributed by atoms with Gasteiger partial charge in [0.25, 0.3) is 0 Å². The van der Waals surface area contributed by atoms with E-state index in [1.54, 1.807) is 0 Å². The Morgan fingerprint density at radius 2 is 1.11 bits per heavy atom. The van der Waals surface area contributed by atoms with Crippen LogP contribution < -0.4 is 10.9 Å². The second-order valence-corrected chi connectivity index (χ2v) is 11.9. The lowest BCUT2D eigenvalue weighted by Crippen LogP contribution is -2.41. The van der Waals surface area contributed by atoms with Gasteiger partial charge in [0.05, 0.1) is 22.4 Å². The Labute approximate surface area is 209 Å². The van der Waals surface area contributed by atoms with Crippen LogP contribution in [-0.2, 0) is 25.0 Å². The van der Waals surface area contributed by atoms with Crippen LogP contribution in [-0.4, -0.2) is 42.4 Å². The first-order valence-electron chi connectivity index (χ1n) is 12.4. The van der Waals surface area contributed by atoms with Gasteiger partial charge in [0.2, 0.25) is 0 Å². The predicted octanol–water partition coefficient (Wildman–Crippen LogP) is 4.11. The second-order valence-electron chi connectivity index (χ2n) is 11.9. The fraction of sp³-hybridized carbons (Fsp3) is 0.464. The highest BCUT2D eigenvalue weighted by Crippen LogP contribution is 2.38. The van der Waals surface area contributed by atoms with Crippen LogP contribution in [0.1, 0.15) is 76.9 Å². The van der Waals surface area contributed by atoms with Gasteiger partial charge in [0, 0.05) is 11.1 Å². The average Bonchev–Trinajstić information content (AvgIpc) is 3.13. The van der Waals surface area contributed by atoms with Crippen molar-refractivity contribution in [3.05, 3.63) is 65.2 Å². The van der Waals surface area contributed by atoms with Crippen molar-refractivity contribution in [2.45, 2.75) is 84.2 Å². The molecular weight excluding hydrogens is 438 g/mol. The van der Waals surface area contributed by atoms with Gasteiger partial charge >= 0.3 is 14.2 Å². The molecule has 0 spiro atoms. The number of hydrogen-bond donors (Lipinski definition) is 0. The summed E-state index contributed by atoms with van der Waals surface area (Å²) in [6, 6.07) is 13.8. The summed E-state index contributed by atoms with van der Waals surface area (Å²) in [5, 5.41) is 0. The molecule has 0 N–H and O–H groups in total. The molecule has 1 aliphatic carbocycles. The highest BCUT2D eigenvalue weighted by Gasteiger charge is 2.52. The fourth-order valence-electron chi connectivity index (χ4n) is 4.63. The molecule has 182 valence electrons. The molecule has 0 amide bonds. The van der Waals surface area contributed by atoms with Crippen molar-refractivity contribution < 1.29 is 23.4 Å². The molecule has 35 heavy (non-hydrogen) atoms. The summed E-state index contributed by atoms with van der Waals surface area (Å²) >= 11 is 0. The van der Waals surface area contributed by atoms with Crippen LogP contribution in [0.15, 0.2) is 48.5 Å². The summed E-state index contributed by atoms with van der Waals surface area (Å²) in [6.07, 6.45) is 2.70. The molecule has 2 aromatic carbocycles. The monoisotopic (exact) mass is 472 g/mol. The fourth-order valence-corrected chi connectivity index (χ4v) is 4.63. The number of benzene rings is 2. The summed E-state index contributed by atoms with van der Waals surface area (Å²) in [7, 11) is -0.854. The van der Waals surface area contributed by atoms with Crippen molar-refractivity contribution in [2.75, 3.05) is 0 Å². The van der Waals surface area contributed by atoms with Gasteiger partial charge < -0.3 is 18.6 Å². The molecule has 0 radical (unpaired) electrons. The zero-order valence-corrected chi connectivity index (χ0v) is 22.0. The Bertz CT molecular complexity index is 1180. The molecule has 0 unspecified atom stereocenters. The van der Waals surface area contributed by atoms with Crippen LogP contribution in [0.4, 0.5) is 0 Å². The van der Waals surface area contributed by atoms with E-state index < -0.39 is 25.4 Å². The minimum absolute atomic E-state index is 0.0371. The number of Topliss-reactive ketones (excluding diaryl/α,β-unsaturated/α-hetero) is 1. The number of carbonyl (C=O) groups is 1. The summed E-state index contributed by atoms with van der Waals surface area (Å²) in [6.45, 7) is 16.4. The van der Waals surface area contributed by atoms with Gasteiger partial charge in [-0.15, -0.1) is 0 Å². The third-order valence-corrected chi connectivity index (χ3v) is 8.42. The van der Waals surface area contributed by atoms with E-state index in [1.165, 1.54) is 0 Å². The van der Waals surface area contributed by atoms with Crippen molar-refractivity contribution in [1.29, 1.82) is 0 Å². The summed E-state index contributed by atoms with van der Waals surface area (Å²) in [5.41, 5.74) is 3.67. The molecule has 7 heteroatoms. The lowest BCUT2D eigenvalue weighted by molar-refractivity contribution is 0.00578. The Balaban J connectivity index is 1.34. The molecule has 0 bridgehead atoms. The van der Waals surface area contributed by atoms with Crippen LogP contribution in [0.3, 0.4) is 0 Å². The van der Waals surface area contributed by atoms with E-state index >= 15 is 0 Å². The predicted molar refractivity (Wildman–Crippen MR) is 140 cm³/mol. The molecule has 5 rings (SSSR count). The van der Waals surface area contributed by atoms with Crippen LogP contribution in [0, 0.1) is 0 Å². The summed E-state index contributed by atoms with van der Waals surface area (Å²) in [4.78, 5) is 13.4. The maximum absolute atomic E-state index is 13.4. The molecule has 2 saturated heterocycles. The smallest absolute Gasteiger partial charge is 0.399 e. The Morgan fingerprint density at radius 3 is 1.63 bits per heavy atom. The molecule has 2 fully saturated rings. The van der Waals surface area contributed by atoms with E-state index in [9.17, 15) is 4.79 Å². The number of allylic oxidation sites excluding steroid dienone is 2. The van der Waals surface area contributed by atoms with E-state index in [0.717, 1.165) is 33.2 Å². The van der Waals surface area contributed by atoms with Gasteiger partial charge in [-0.05, 0) is 83.9 Å². The normalized spacial score (nSPS) is 23.9. The lowest BCUT2D eigenvalue weighted by Gasteiger charge is -2.32. The van der Waals surface area contributed by atoms with Crippen LogP contribution >= 0.6 is 0 Å². The van der Waals surface area contributed by atoms with E-state index in [1.807, 2.05) is 104 Å². The molecule has 5 nitrogen and oxygen atoms in total. The number of hydrogen-bond acceptors (Lipinski definition) is 5. The van der Waals surface area contributed by atoms with Crippen molar-refractivity contribution in [1.82, 2.24) is 0 Å². The maximum atomic E-state index is 13.4. The first kappa shape index (κ1) is 24.5. The third kappa shape index (κ3) is 4.03. The second kappa shape index (κ2) is 7.91. The third-order valence-electron chi connectivity index (χ3n) is 8.42. The Kier molecular flexibility index (Phi) is 5.54. The molecule has 2 aromatic rings. The lowest BCUT2D eigenvalue weighted by atomic mass is 9.75. The molecule has 0 aromatic heterocycles.